The molecule has 0 aliphatic heterocycles. The smallest absolute Gasteiger partial charge is 0.222 e. The van der Waals surface area contributed by atoms with Crippen molar-refractivity contribution in [3.8, 4) is 0 Å². The Labute approximate surface area is 117 Å². The summed E-state index contributed by atoms with van der Waals surface area (Å²) in [5.41, 5.74) is -0.215. The number of rotatable bonds is 4. The van der Waals surface area contributed by atoms with Crippen LogP contribution in [-0.2, 0) is 4.79 Å². The van der Waals surface area contributed by atoms with E-state index in [0.29, 0.717) is 28.8 Å². The molecule has 100 valence electrons. The molecular formula is C12H17Cl2N3O. The molecule has 0 saturated carbocycles. The van der Waals surface area contributed by atoms with Gasteiger partial charge in [-0.05, 0) is 26.8 Å². The third kappa shape index (κ3) is 5.56. The molecule has 18 heavy (non-hydrogen) atoms. The third-order valence-electron chi connectivity index (χ3n) is 1.97. The molecule has 0 atom stereocenters. The fraction of sp³-hybridized carbons (Fsp3) is 0.500. The van der Waals surface area contributed by atoms with Gasteiger partial charge in [-0.15, -0.1) is 0 Å². The number of pyridine rings is 1. The lowest BCUT2D eigenvalue weighted by Gasteiger charge is -2.20. The molecule has 0 aliphatic carbocycles. The van der Waals surface area contributed by atoms with Gasteiger partial charge in [-0.25, -0.2) is 4.98 Å². The van der Waals surface area contributed by atoms with Crippen LogP contribution in [-0.4, -0.2) is 23.0 Å². The summed E-state index contributed by atoms with van der Waals surface area (Å²) < 4.78 is 0. The summed E-state index contributed by atoms with van der Waals surface area (Å²) in [6, 6.07) is 1.60. The van der Waals surface area contributed by atoms with Gasteiger partial charge in [0.25, 0.3) is 0 Å². The van der Waals surface area contributed by atoms with Crippen molar-refractivity contribution in [3.05, 3.63) is 22.3 Å². The van der Waals surface area contributed by atoms with E-state index >= 15 is 0 Å². The molecule has 0 bridgehead atoms. The van der Waals surface area contributed by atoms with Gasteiger partial charge in [0, 0.05) is 24.7 Å². The third-order valence-corrected chi connectivity index (χ3v) is 2.46. The second kappa shape index (κ2) is 6.25. The minimum absolute atomic E-state index is 0.0138. The number of hydrogen-bond acceptors (Lipinski definition) is 3. The van der Waals surface area contributed by atoms with Crippen LogP contribution in [0, 0.1) is 0 Å². The minimum Gasteiger partial charge on any atom is -0.368 e. The zero-order valence-electron chi connectivity index (χ0n) is 10.7. The van der Waals surface area contributed by atoms with Crippen molar-refractivity contribution in [2.75, 3.05) is 11.9 Å². The highest BCUT2D eigenvalue weighted by Gasteiger charge is 2.13. The van der Waals surface area contributed by atoms with Crippen molar-refractivity contribution in [1.82, 2.24) is 10.3 Å². The summed E-state index contributed by atoms with van der Waals surface area (Å²) in [6.45, 7) is 6.29. The van der Waals surface area contributed by atoms with Crippen LogP contribution >= 0.6 is 23.2 Å². The lowest BCUT2D eigenvalue weighted by molar-refractivity contribution is -0.122. The maximum absolute atomic E-state index is 11.6. The van der Waals surface area contributed by atoms with E-state index in [4.69, 9.17) is 23.2 Å². The van der Waals surface area contributed by atoms with E-state index < -0.39 is 0 Å². The number of carbonyl (C=O) groups is 1. The summed E-state index contributed by atoms with van der Waals surface area (Å²) >= 11 is 11.7. The average Bonchev–Trinajstić information content (AvgIpc) is 2.18. The fourth-order valence-electron chi connectivity index (χ4n) is 1.32. The highest BCUT2D eigenvalue weighted by Crippen LogP contribution is 2.22. The first-order valence-corrected chi connectivity index (χ1v) is 6.39. The highest BCUT2D eigenvalue weighted by molar-refractivity contribution is 6.35. The van der Waals surface area contributed by atoms with Crippen LogP contribution < -0.4 is 10.6 Å². The Morgan fingerprint density at radius 3 is 2.61 bits per heavy atom. The van der Waals surface area contributed by atoms with E-state index in [1.807, 2.05) is 20.8 Å². The van der Waals surface area contributed by atoms with Gasteiger partial charge >= 0.3 is 0 Å². The number of aromatic nitrogens is 1. The Hall–Kier alpha value is -1.000. The molecule has 0 unspecified atom stereocenters. The lowest BCUT2D eigenvalue weighted by Crippen LogP contribution is -2.41. The maximum Gasteiger partial charge on any atom is 0.222 e. The summed E-state index contributed by atoms with van der Waals surface area (Å²) in [7, 11) is 0. The zero-order valence-corrected chi connectivity index (χ0v) is 12.2. The van der Waals surface area contributed by atoms with Crippen LogP contribution in [0.2, 0.25) is 10.0 Å². The minimum atomic E-state index is -0.215. The molecule has 2 N–H and O–H groups in total. The van der Waals surface area contributed by atoms with E-state index in [1.165, 1.54) is 6.20 Å². The number of nitrogens with one attached hydrogen (secondary N) is 2. The number of anilines is 1. The zero-order chi connectivity index (χ0) is 13.8. The van der Waals surface area contributed by atoms with Gasteiger partial charge in [0.1, 0.15) is 5.82 Å². The van der Waals surface area contributed by atoms with Gasteiger partial charge in [0.15, 0.2) is 0 Å². The Balaban J connectivity index is 2.40. The summed E-state index contributed by atoms with van der Waals surface area (Å²) in [5.74, 6) is 0.518. The lowest BCUT2D eigenvalue weighted by atomic mass is 10.1. The molecular weight excluding hydrogens is 273 g/mol. The predicted molar refractivity (Wildman–Crippen MR) is 75.3 cm³/mol. The second-order valence-corrected chi connectivity index (χ2v) is 5.80. The number of nitrogens with zero attached hydrogens (tertiary/aromatic N) is 1. The second-order valence-electron chi connectivity index (χ2n) is 4.96. The van der Waals surface area contributed by atoms with Gasteiger partial charge in [0.2, 0.25) is 5.91 Å². The van der Waals surface area contributed by atoms with Crippen molar-refractivity contribution < 1.29 is 4.79 Å². The summed E-state index contributed by atoms with van der Waals surface area (Å²) in [6.07, 6.45) is 1.86. The molecule has 0 saturated heterocycles. The van der Waals surface area contributed by atoms with E-state index in [0.717, 1.165) is 0 Å². The van der Waals surface area contributed by atoms with Crippen molar-refractivity contribution in [2.45, 2.75) is 32.7 Å². The summed E-state index contributed by atoms with van der Waals surface area (Å²) in [5, 5.41) is 6.80. The molecule has 1 aromatic heterocycles. The number of carbonyl (C=O) groups excluding carboxylic acids is 1. The topological polar surface area (TPSA) is 54.0 Å². The molecule has 0 aliphatic rings. The Bertz CT molecular complexity index is 430. The van der Waals surface area contributed by atoms with Crippen LogP contribution in [0.15, 0.2) is 12.3 Å². The van der Waals surface area contributed by atoms with E-state index in [2.05, 4.69) is 15.6 Å². The first-order valence-electron chi connectivity index (χ1n) is 5.64. The van der Waals surface area contributed by atoms with Crippen molar-refractivity contribution in [3.63, 3.8) is 0 Å². The largest absolute Gasteiger partial charge is 0.368 e. The van der Waals surface area contributed by atoms with Crippen molar-refractivity contribution in [1.29, 1.82) is 0 Å². The van der Waals surface area contributed by atoms with Gasteiger partial charge in [0.05, 0.1) is 10.0 Å². The monoisotopic (exact) mass is 289 g/mol. The van der Waals surface area contributed by atoms with E-state index in [-0.39, 0.29) is 11.4 Å². The predicted octanol–water partition coefficient (Wildman–Crippen LogP) is 3.11. The molecule has 0 radical (unpaired) electrons. The van der Waals surface area contributed by atoms with Gasteiger partial charge in [-0.1, -0.05) is 23.2 Å². The molecule has 0 spiro atoms. The van der Waals surface area contributed by atoms with Crippen molar-refractivity contribution in [2.24, 2.45) is 0 Å². The Morgan fingerprint density at radius 1 is 1.39 bits per heavy atom. The van der Waals surface area contributed by atoms with Crippen LogP contribution in [0.1, 0.15) is 27.2 Å². The summed E-state index contributed by atoms with van der Waals surface area (Å²) in [4.78, 5) is 15.6. The first-order chi connectivity index (χ1) is 8.28. The van der Waals surface area contributed by atoms with Crippen LogP contribution in [0.4, 0.5) is 5.82 Å². The SMILES string of the molecule is CC(C)(C)NC(=O)CCNc1ncc(Cl)cc1Cl. The molecule has 0 aromatic carbocycles. The van der Waals surface area contributed by atoms with Gasteiger partial charge < -0.3 is 10.6 Å². The van der Waals surface area contributed by atoms with Crippen LogP contribution in [0.3, 0.4) is 0 Å². The number of halogens is 2. The van der Waals surface area contributed by atoms with Crippen LogP contribution in [0.5, 0.6) is 0 Å². The normalized spacial score (nSPS) is 11.2. The average molecular weight is 290 g/mol. The fourth-order valence-corrected chi connectivity index (χ4v) is 1.77. The van der Waals surface area contributed by atoms with Gasteiger partial charge in [-0.2, -0.15) is 0 Å². The highest BCUT2D eigenvalue weighted by atomic mass is 35.5. The molecule has 4 nitrogen and oxygen atoms in total. The van der Waals surface area contributed by atoms with E-state index in [1.54, 1.807) is 6.07 Å². The number of amides is 1. The quantitative estimate of drug-likeness (QED) is 0.896. The molecule has 1 amide bonds. The van der Waals surface area contributed by atoms with E-state index in [9.17, 15) is 4.79 Å². The van der Waals surface area contributed by atoms with Crippen LogP contribution in [0.25, 0.3) is 0 Å². The van der Waals surface area contributed by atoms with Gasteiger partial charge in [-0.3, -0.25) is 4.79 Å². The molecule has 1 aromatic rings. The Kier molecular flexibility index (Phi) is 5.23. The molecule has 1 rings (SSSR count). The molecule has 6 heteroatoms. The molecule has 1 heterocycles. The van der Waals surface area contributed by atoms with Crippen molar-refractivity contribution >= 4 is 34.9 Å². The first kappa shape index (κ1) is 15.1. The maximum atomic E-state index is 11.6. The number of hydrogen-bond donors (Lipinski definition) is 2. The standard InChI is InChI=1S/C12H17Cl2N3O/c1-12(2,3)17-10(18)4-5-15-11-9(14)6-8(13)7-16-11/h6-7H,4-5H2,1-3H3,(H,15,16)(H,17,18). The molecule has 0 fully saturated rings. The Morgan fingerprint density at radius 2 is 2.06 bits per heavy atom.